The van der Waals surface area contributed by atoms with Crippen molar-refractivity contribution in [2.75, 3.05) is 51.7 Å². The fraction of sp³-hybridized carbons (Fsp3) is 0.478. The highest BCUT2D eigenvalue weighted by atomic mass is 16.5. The van der Waals surface area contributed by atoms with Gasteiger partial charge in [0.2, 0.25) is 0 Å². The summed E-state index contributed by atoms with van der Waals surface area (Å²) in [6, 6.07) is 12.3. The molecule has 30 heavy (non-hydrogen) atoms. The molecule has 7 nitrogen and oxygen atoms in total. The maximum atomic E-state index is 5.98. The number of nitrogens with zero attached hydrogens (tertiary/aromatic N) is 4. The fourth-order valence-corrected chi connectivity index (χ4v) is 3.39. The summed E-state index contributed by atoms with van der Waals surface area (Å²) in [4.78, 5) is 13.6. The molecule has 2 aromatic rings. The molecule has 3 rings (SSSR count). The molecule has 1 fully saturated rings. The van der Waals surface area contributed by atoms with E-state index in [2.05, 4.69) is 56.5 Å². The van der Waals surface area contributed by atoms with Gasteiger partial charge in [0.15, 0.2) is 5.96 Å². The summed E-state index contributed by atoms with van der Waals surface area (Å²) in [5.41, 5.74) is 2.38. The van der Waals surface area contributed by atoms with E-state index in [-0.39, 0.29) is 6.10 Å². The molecular weight excluding hydrogens is 376 g/mol. The van der Waals surface area contributed by atoms with Crippen molar-refractivity contribution in [2.45, 2.75) is 26.5 Å². The number of hydrogen-bond donors (Lipinski definition) is 2. The molecule has 162 valence electrons. The molecule has 0 bridgehead atoms. The van der Waals surface area contributed by atoms with E-state index >= 15 is 0 Å². The molecule has 0 aliphatic carbocycles. The number of anilines is 1. The molecule has 1 aliphatic heterocycles. The van der Waals surface area contributed by atoms with Crippen molar-refractivity contribution >= 4 is 11.8 Å². The van der Waals surface area contributed by atoms with Crippen LogP contribution in [0.15, 0.2) is 47.6 Å². The molecule has 1 unspecified atom stereocenters. The smallest absolute Gasteiger partial charge is 0.191 e. The van der Waals surface area contributed by atoms with Gasteiger partial charge in [0.25, 0.3) is 0 Å². The largest absolute Gasteiger partial charge is 0.489 e. The number of ether oxygens (including phenoxy) is 1. The molecule has 1 aromatic heterocycles. The zero-order chi connectivity index (χ0) is 21.3. The second-order valence-corrected chi connectivity index (χ2v) is 7.86. The third-order valence-electron chi connectivity index (χ3n) is 5.20. The normalized spacial score (nSPS) is 16.3. The van der Waals surface area contributed by atoms with Crippen LogP contribution in [-0.4, -0.2) is 68.8 Å². The van der Waals surface area contributed by atoms with E-state index in [4.69, 9.17) is 4.74 Å². The van der Waals surface area contributed by atoms with E-state index in [9.17, 15) is 0 Å². The van der Waals surface area contributed by atoms with Gasteiger partial charge in [-0.05, 0) is 56.3 Å². The average molecular weight is 411 g/mol. The Labute approximate surface area is 180 Å². The van der Waals surface area contributed by atoms with E-state index in [1.807, 2.05) is 37.4 Å². The van der Waals surface area contributed by atoms with Crippen molar-refractivity contribution in [3.8, 4) is 5.75 Å². The van der Waals surface area contributed by atoms with Crippen molar-refractivity contribution in [2.24, 2.45) is 4.99 Å². The van der Waals surface area contributed by atoms with Crippen LogP contribution in [-0.2, 0) is 6.54 Å². The zero-order valence-corrected chi connectivity index (χ0v) is 18.6. The second-order valence-electron chi connectivity index (χ2n) is 7.86. The predicted octanol–water partition coefficient (Wildman–Crippen LogP) is 2.27. The number of aromatic nitrogens is 1. The van der Waals surface area contributed by atoms with Crippen LogP contribution in [0.2, 0.25) is 0 Å². The number of likely N-dealkylation sites (N-methyl/N-ethyl adjacent to an activating group) is 1. The maximum Gasteiger partial charge on any atom is 0.191 e. The van der Waals surface area contributed by atoms with Gasteiger partial charge < -0.3 is 25.2 Å². The lowest BCUT2D eigenvalue weighted by atomic mass is 10.2. The van der Waals surface area contributed by atoms with Crippen LogP contribution in [0.1, 0.15) is 18.1 Å². The van der Waals surface area contributed by atoms with Gasteiger partial charge in [-0.15, -0.1) is 0 Å². The van der Waals surface area contributed by atoms with E-state index in [0.29, 0.717) is 13.1 Å². The van der Waals surface area contributed by atoms with E-state index < -0.39 is 0 Å². The molecule has 7 heteroatoms. The van der Waals surface area contributed by atoms with Crippen molar-refractivity contribution in [3.05, 3.63) is 53.7 Å². The third kappa shape index (κ3) is 6.62. The van der Waals surface area contributed by atoms with Crippen molar-refractivity contribution < 1.29 is 4.74 Å². The number of aryl methyl sites for hydroxylation is 1. The Bertz CT molecular complexity index is 832. The molecule has 2 N–H and O–H groups in total. The minimum Gasteiger partial charge on any atom is -0.489 e. The van der Waals surface area contributed by atoms with Crippen LogP contribution in [0.4, 0.5) is 5.82 Å². The summed E-state index contributed by atoms with van der Waals surface area (Å²) < 4.78 is 5.98. The Kier molecular flexibility index (Phi) is 7.90. The lowest BCUT2D eigenvalue weighted by Crippen LogP contribution is -2.44. The zero-order valence-electron chi connectivity index (χ0n) is 18.6. The minimum absolute atomic E-state index is 0.0233. The van der Waals surface area contributed by atoms with Gasteiger partial charge in [0.05, 0.1) is 6.54 Å². The Morgan fingerprint density at radius 2 is 1.97 bits per heavy atom. The quantitative estimate of drug-likeness (QED) is 0.539. The van der Waals surface area contributed by atoms with Gasteiger partial charge >= 0.3 is 0 Å². The predicted molar refractivity (Wildman–Crippen MR) is 123 cm³/mol. The molecule has 1 atom stereocenters. The summed E-state index contributed by atoms with van der Waals surface area (Å²) in [5, 5.41) is 6.72. The van der Waals surface area contributed by atoms with Gasteiger partial charge in [-0.25, -0.2) is 4.98 Å². The highest BCUT2D eigenvalue weighted by Crippen LogP contribution is 2.15. The van der Waals surface area contributed by atoms with Gasteiger partial charge in [0.1, 0.15) is 17.7 Å². The summed E-state index contributed by atoms with van der Waals surface area (Å²) in [6.07, 6.45) is 1.91. The molecule has 0 amide bonds. The first kappa shape index (κ1) is 21.9. The Morgan fingerprint density at radius 1 is 1.17 bits per heavy atom. The maximum absolute atomic E-state index is 5.98. The monoisotopic (exact) mass is 410 g/mol. The summed E-state index contributed by atoms with van der Waals surface area (Å²) in [5.74, 6) is 2.69. The first-order chi connectivity index (χ1) is 14.5. The van der Waals surface area contributed by atoms with E-state index in [0.717, 1.165) is 43.7 Å². The number of nitrogens with one attached hydrogen (secondary N) is 2. The highest BCUT2D eigenvalue weighted by Gasteiger charge is 2.15. The van der Waals surface area contributed by atoms with Crippen LogP contribution >= 0.6 is 0 Å². The molecule has 1 aliphatic rings. The topological polar surface area (TPSA) is 65.0 Å². The molecule has 1 aromatic carbocycles. The molecule has 0 radical (unpaired) electrons. The molecule has 2 heterocycles. The molecular formula is C23H34N6O. The van der Waals surface area contributed by atoms with Crippen LogP contribution < -0.4 is 20.3 Å². The van der Waals surface area contributed by atoms with Gasteiger partial charge in [-0.3, -0.25) is 4.99 Å². The third-order valence-corrected chi connectivity index (χ3v) is 5.20. The van der Waals surface area contributed by atoms with Gasteiger partial charge in [-0.2, -0.15) is 0 Å². The summed E-state index contributed by atoms with van der Waals surface area (Å²) in [6.45, 7) is 9.65. The van der Waals surface area contributed by atoms with Gasteiger partial charge in [0, 0.05) is 46.0 Å². The number of rotatable bonds is 7. The van der Waals surface area contributed by atoms with Crippen LogP contribution in [0.5, 0.6) is 5.75 Å². The van der Waals surface area contributed by atoms with Crippen LogP contribution in [0.3, 0.4) is 0 Å². The van der Waals surface area contributed by atoms with E-state index in [1.165, 1.54) is 11.1 Å². The first-order valence-corrected chi connectivity index (χ1v) is 10.6. The second kappa shape index (κ2) is 10.8. The van der Waals surface area contributed by atoms with Gasteiger partial charge in [-0.1, -0.05) is 12.1 Å². The molecule has 0 spiro atoms. The lowest BCUT2D eigenvalue weighted by Gasteiger charge is -2.33. The number of piperazine rings is 1. The number of pyridine rings is 1. The number of guanidine groups is 1. The number of aliphatic imine (C=N–C) groups is 1. The minimum atomic E-state index is 0.0233. The molecule has 1 saturated heterocycles. The van der Waals surface area contributed by atoms with E-state index in [1.54, 1.807) is 7.05 Å². The van der Waals surface area contributed by atoms with Crippen molar-refractivity contribution in [3.63, 3.8) is 0 Å². The average Bonchev–Trinajstić information content (AvgIpc) is 2.74. The summed E-state index contributed by atoms with van der Waals surface area (Å²) >= 11 is 0. The molecule has 0 saturated carbocycles. The number of benzene rings is 1. The fourth-order valence-electron chi connectivity index (χ4n) is 3.39. The first-order valence-electron chi connectivity index (χ1n) is 10.6. The Hall–Kier alpha value is -2.80. The Balaban J connectivity index is 1.46. The lowest BCUT2D eigenvalue weighted by molar-refractivity contribution is 0.223. The van der Waals surface area contributed by atoms with Crippen LogP contribution in [0, 0.1) is 6.92 Å². The highest BCUT2D eigenvalue weighted by molar-refractivity contribution is 5.79. The van der Waals surface area contributed by atoms with Crippen molar-refractivity contribution in [1.29, 1.82) is 0 Å². The van der Waals surface area contributed by atoms with Crippen molar-refractivity contribution in [1.82, 2.24) is 20.5 Å². The summed E-state index contributed by atoms with van der Waals surface area (Å²) in [7, 11) is 3.94. The number of hydrogen-bond acceptors (Lipinski definition) is 5. The Morgan fingerprint density at radius 3 is 2.70 bits per heavy atom. The standard InChI is InChI=1S/C23H34N6O/c1-18-6-5-7-21(14-18)30-19(2)16-26-23(24-3)27-17-20-8-9-25-22(15-20)29-12-10-28(4)11-13-29/h5-9,14-15,19H,10-13,16-17H2,1-4H3,(H2,24,26,27). The van der Waals surface area contributed by atoms with Crippen LogP contribution in [0.25, 0.3) is 0 Å². The SMILES string of the molecule is CN=C(NCc1ccnc(N2CCN(C)CC2)c1)NCC(C)Oc1cccc(C)c1.